The molecular weight excluding hydrogens is 326 g/mol. The highest BCUT2D eigenvalue weighted by Crippen LogP contribution is 2.29. The molecule has 24 heavy (non-hydrogen) atoms. The summed E-state index contributed by atoms with van der Waals surface area (Å²) in [4.78, 5) is 23.2. The molecular formula is C18H20ClN3O2. The van der Waals surface area contributed by atoms with Crippen LogP contribution in [0.1, 0.15) is 30.1 Å². The third-order valence-corrected chi connectivity index (χ3v) is 4.55. The van der Waals surface area contributed by atoms with E-state index in [1.165, 1.54) is 0 Å². The lowest BCUT2D eigenvalue weighted by Gasteiger charge is -2.32. The van der Waals surface area contributed by atoms with Gasteiger partial charge in [0.05, 0.1) is 24.4 Å². The molecule has 0 N–H and O–H groups in total. The van der Waals surface area contributed by atoms with E-state index >= 15 is 0 Å². The zero-order valence-electron chi connectivity index (χ0n) is 13.6. The van der Waals surface area contributed by atoms with Gasteiger partial charge in [0.15, 0.2) is 0 Å². The maximum absolute atomic E-state index is 12.9. The van der Waals surface area contributed by atoms with E-state index in [-0.39, 0.29) is 17.9 Å². The predicted octanol–water partition coefficient (Wildman–Crippen LogP) is 3.10. The average Bonchev–Trinajstić information content (AvgIpc) is 2.64. The normalized spacial score (nSPS) is 18.8. The number of ether oxygens (including phenoxy) is 1. The molecule has 2 atom stereocenters. The lowest BCUT2D eigenvalue weighted by molar-refractivity contribution is -0.140. The topological polar surface area (TPSA) is 55.3 Å². The number of carbonyl (C=O) groups excluding carboxylic acids is 1. The first-order valence-electron chi connectivity index (χ1n) is 8.02. The highest BCUT2D eigenvalue weighted by molar-refractivity contribution is 6.30. The maximum atomic E-state index is 12.9. The molecule has 0 radical (unpaired) electrons. The van der Waals surface area contributed by atoms with Gasteiger partial charge in [0, 0.05) is 31.1 Å². The zero-order valence-corrected chi connectivity index (χ0v) is 14.3. The van der Waals surface area contributed by atoms with Crippen LogP contribution in [0, 0.1) is 5.92 Å². The van der Waals surface area contributed by atoms with Gasteiger partial charge < -0.3 is 9.64 Å². The average molecular weight is 346 g/mol. The van der Waals surface area contributed by atoms with Gasteiger partial charge in [-0.3, -0.25) is 14.8 Å². The smallest absolute Gasteiger partial charge is 0.228 e. The molecule has 0 aliphatic carbocycles. The first kappa shape index (κ1) is 16.9. The number of benzene rings is 1. The van der Waals surface area contributed by atoms with Crippen LogP contribution in [0.15, 0.2) is 42.9 Å². The van der Waals surface area contributed by atoms with Crippen LogP contribution in [0.3, 0.4) is 0 Å². The summed E-state index contributed by atoms with van der Waals surface area (Å²) in [7, 11) is 1.81. The van der Waals surface area contributed by atoms with Crippen LogP contribution in [-0.4, -0.2) is 41.0 Å². The first-order valence-corrected chi connectivity index (χ1v) is 8.40. The summed E-state index contributed by atoms with van der Waals surface area (Å²) in [5, 5.41) is 0.659. The van der Waals surface area contributed by atoms with Crippen LogP contribution in [0.5, 0.6) is 0 Å². The molecule has 2 heterocycles. The maximum Gasteiger partial charge on any atom is 0.228 e. The molecule has 1 amide bonds. The van der Waals surface area contributed by atoms with Crippen LogP contribution in [-0.2, 0) is 9.53 Å². The Balaban J connectivity index is 1.91. The molecule has 1 aliphatic rings. The second-order valence-electron chi connectivity index (χ2n) is 5.95. The predicted molar refractivity (Wildman–Crippen MR) is 91.6 cm³/mol. The highest BCUT2D eigenvalue weighted by atomic mass is 35.5. The summed E-state index contributed by atoms with van der Waals surface area (Å²) < 4.78 is 5.47. The lowest BCUT2D eigenvalue weighted by atomic mass is 9.97. The third-order valence-electron chi connectivity index (χ3n) is 4.29. The number of carbonyl (C=O) groups is 1. The van der Waals surface area contributed by atoms with Crippen molar-refractivity contribution >= 4 is 17.5 Å². The second-order valence-corrected chi connectivity index (χ2v) is 6.38. The number of hydrogen-bond acceptors (Lipinski definition) is 4. The van der Waals surface area contributed by atoms with Gasteiger partial charge in [-0.2, -0.15) is 0 Å². The molecule has 1 fully saturated rings. The van der Waals surface area contributed by atoms with Crippen molar-refractivity contribution in [3.05, 3.63) is 59.1 Å². The highest BCUT2D eigenvalue weighted by Gasteiger charge is 2.31. The van der Waals surface area contributed by atoms with Crippen molar-refractivity contribution in [2.24, 2.45) is 5.92 Å². The Morgan fingerprint density at radius 2 is 2.12 bits per heavy atom. The van der Waals surface area contributed by atoms with Gasteiger partial charge in [-0.1, -0.05) is 23.7 Å². The Hall–Kier alpha value is -1.98. The SMILES string of the molecule is CN(C(=O)[C@H]1CCCOC1)[C@H](c1ccc(Cl)cc1)c1cnccn1. The molecule has 1 saturated heterocycles. The van der Waals surface area contributed by atoms with Gasteiger partial charge in [-0.25, -0.2) is 0 Å². The molecule has 0 bridgehead atoms. The van der Waals surface area contributed by atoms with Crippen LogP contribution in [0.2, 0.25) is 5.02 Å². The van der Waals surface area contributed by atoms with Crippen LogP contribution >= 0.6 is 11.6 Å². The van der Waals surface area contributed by atoms with Gasteiger partial charge in [0.2, 0.25) is 5.91 Å². The minimum atomic E-state index is -0.301. The van der Waals surface area contributed by atoms with E-state index < -0.39 is 0 Å². The fourth-order valence-corrected chi connectivity index (χ4v) is 3.17. The van der Waals surface area contributed by atoms with Crippen molar-refractivity contribution in [1.82, 2.24) is 14.9 Å². The number of aromatic nitrogens is 2. The minimum absolute atomic E-state index is 0.0697. The van der Waals surface area contributed by atoms with E-state index in [9.17, 15) is 4.79 Å². The molecule has 6 heteroatoms. The second kappa shape index (κ2) is 7.73. The number of nitrogens with zero attached hydrogens (tertiary/aromatic N) is 3. The van der Waals surface area contributed by atoms with Gasteiger partial charge in [0.1, 0.15) is 6.04 Å². The van der Waals surface area contributed by atoms with Crippen molar-refractivity contribution in [2.75, 3.05) is 20.3 Å². The zero-order chi connectivity index (χ0) is 16.9. The summed E-state index contributed by atoms with van der Waals surface area (Å²) in [6.07, 6.45) is 6.73. The van der Waals surface area contributed by atoms with Gasteiger partial charge >= 0.3 is 0 Å². The number of amides is 1. The third kappa shape index (κ3) is 3.74. The summed E-state index contributed by atoms with van der Waals surface area (Å²) in [6, 6.07) is 7.18. The molecule has 0 unspecified atom stereocenters. The number of halogens is 1. The van der Waals surface area contributed by atoms with E-state index in [0.717, 1.165) is 30.7 Å². The summed E-state index contributed by atoms with van der Waals surface area (Å²) >= 11 is 6.00. The standard InChI is InChI=1S/C18H20ClN3O2/c1-22(18(23)14-3-2-10-24-12-14)17(16-11-20-8-9-21-16)13-4-6-15(19)7-5-13/h4-9,11,14,17H,2-3,10,12H2,1H3/t14-,17+/m0/s1. The van der Waals surface area contributed by atoms with Crippen molar-refractivity contribution in [3.8, 4) is 0 Å². The fraction of sp³-hybridized carbons (Fsp3) is 0.389. The Morgan fingerprint density at radius 1 is 1.33 bits per heavy atom. The Kier molecular flexibility index (Phi) is 5.43. The van der Waals surface area contributed by atoms with Crippen molar-refractivity contribution < 1.29 is 9.53 Å². The first-order chi connectivity index (χ1) is 11.7. The molecule has 126 valence electrons. The largest absolute Gasteiger partial charge is 0.381 e. The van der Waals surface area contributed by atoms with E-state index in [4.69, 9.17) is 16.3 Å². The molecule has 0 saturated carbocycles. The Bertz CT molecular complexity index is 672. The Morgan fingerprint density at radius 3 is 2.75 bits per heavy atom. The summed E-state index contributed by atoms with van der Waals surface area (Å²) in [6.45, 7) is 1.22. The van der Waals surface area contributed by atoms with Crippen molar-refractivity contribution in [3.63, 3.8) is 0 Å². The Labute approximate surface area is 146 Å². The van der Waals surface area contributed by atoms with E-state index in [0.29, 0.717) is 11.6 Å². The van der Waals surface area contributed by atoms with E-state index in [1.54, 1.807) is 23.5 Å². The molecule has 5 nitrogen and oxygen atoms in total. The van der Waals surface area contributed by atoms with E-state index in [2.05, 4.69) is 9.97 Å². The van der Waals surface area contributed by atoms with Gasteiger partial charge in [-0.15, -0.1) is 0 Å². The lowest BCUT2D eigenvalue weighted by Crippen LogP contribution is -2.40. The monoisotopic (exact) mass is 345 g/mol. The number of rotatable bonds is 4. The van der Waals surface area contributed by atoms with Crippen LogP contribution < -0.4 is 0 Å². The summed E-state index contributed by atoms with van der Waals surface area (Å²) in [5.74, 6) is -0.0319. The molecule has 0 spiro atoms. The van der Waals surface area contributed by atoms with Crippen molar-refractivity contribution in [2.45, 2.75) is 18.9 Å². The van der Waals surface area contributed by atoms with E-state index in [1.807, 2.05) is 31.3 Å². The van der Waals surface area contributed by atoms with Crippen LogP contribution in [0.4, 0.5) is 0 Å². The molecule has 3 rings (SSSR count). The van der Waals surface area contributed by atoms with Gasteiger partial charge in [0.25, 0.3) is 0 Å². The number of hydrogen-bond donors (Lipinski definition) is 0. The van der Waals surface area contributed by atoms with Crippen molar-refractivity contribution in [1.29, 1.82) is 0 Å². The van der Waals surface area contributed by atoms with Gasteiger partial charge in [-0.05, 0) is 30.5 Å². The molecule has 1 aromatic carbocycles. The molecule has 1 aliphatic heterocycles. The molecule has 2 aromatic rings. The molecule has 1 aromatic heterocycles. The van der Waals surface area contributed by atoms with Crippen LogP contribution in [0.25, 0.3) is 0 Å². The minimum Gasteiger partial charge on any atom is -0.381 e. The quantitative estimate of drug-likeness (QED) is 0.854. The fourth-order valence-electron chi connectivity index (χ4n) is 3.04. The summed E-state index contributed by atoms with van der Waals surface area (Å²) in [5.41, 5.74) is 1.68.